The van der Waals surface area contributed by atoms with Crippen molar-refractivity contribution in [2.75, 3.05) is 11.9 Å². The molecule has 0 saturated carbocycles. The zero-order chi connectivity index (χ0) is 9.90. The van der Waals surface area contributed by atoms with Crippen LogP contribution in [0.25, 0.3) is 0 Å². The van der Waals surface area contributed by atoms with Gasteiger partial charge >= 0.3 is 0 Å². The Morgan fingerprint density at radius 1 is 1.62 bits per heavy atom. The average Bonchev–Trinajstić information content (AvgIpc) is 2.04. The number of nitrogens with one attached hydrogen (secondary N) is 1. The zero-order valence-electron chi connectivity index (χ0n) is 7.19. The maximum absolute atomic E-state index is 11.0. The van der Waals surface area contributed by atoms with Crippen LogP contribution in [-0.2, 0) is 10.0 Å². The van der Waals surface area contributed by atoms with Gasteiger partial charge in [-0.15, -0.1) is 0 Å². The average molecular weight is 201 g/mol. The van der Waals surface area contributed by atoms with Crippen molar-refractivity contribution < 1.29 is 8.42 Å². The normalized spacial score (nSPS) is 11.2. The number of primary sulfonamides is 1. The fraction of sp³-hybridized carbons (Fsp3) is 0.286. The van der Waals surface area contributed by atoms with E-state index in [0.717, 1.165) is 0 Å². The molecule has 0 radical (unpaired) electrons. The first-order chi connectivity index (χ1) is 6.05. The summed E-state index contributed by atoms with van der Waals surface area (Å²) in [7, 11) is -3.68. The van der Waals surface area contributed by atoms with Gasteiger partial charge in [0, 0.05) is 12.7 Å². The SMILES string of the molecule is CCNc1ncccc1S(N)(=O)=O. The number of nitrogens with zero attached hydrogens (tertiary/aromatic N) is 1. The van der Waals surface area contributed by atoms with Crippen molar-refractivity contribution in [2.24, 2.45) is 5.14 Å². The molecule has 3 N–H and O–H groups in total. The van der Waals surface area contributed by atoms with Crippen molar-refractivity contribution >= 4 is 15.8 Å². The lowest BCUT2D eigenvalue weighted by Gasteiger charge is -2.06. The summed E-state index contributed by atoms with van der Waals surface area (Å²) in [5.74, 6) is 0.299. The first kappa shape index (κ1) is 9.94. The van der Waals surface area contributed by atoms with Crippen LogP contribution in [0.4, 0.5) is 5.82 Å². The molecular weight excluding hydrogens is 190 g/mol. The third kappa shape index (κ3) is 2.40. The zero-order valence-corrected chi connectivity index (χ0v) is 8.00. The van der Waals surface area contributed by atoms with E-state index < -0.39 is 10.0 Å². The highest BCUT2D eigenvalue weighted by Crippen LogP contribution is 2.15. The van der Waals surface area contributed by atoms with Gasteiger partial charge in [0.05, 0.1) is 0 Å². The minimum Gasteiger partial charge on any atom is -0.369 e. The molecule has 0 spiro atoms. The summed E-state index contributed by atoms with van der Waals surface area (Å²) in [4.78, 5) is 3.89. The van der Waals surface area contributed by atoms with Gasteiger partial charge in [-0.2, -0.15) is 0 Å². The Hall–Kier alpha value is -1.14. The van der Waals surface area contributed by atoms with Crippen LogP contribution >= 0.6 is 0 Å². The van der Waals surface area contributed by atoms with E-state index in [-0.39, 0.29) is 4.90 Å². The Morgan fingerprint density at radius 2 is 2.31 bits per heavy atom. The first-order valence-corrected chi connectivity index (χ1v) is 5.32. The van der Waals surface area contributed by atoms with E-state index >= 15 is 0 Å². The van der Waals surface area contributed by atoms with Gasteiger partial charge in [0.15, 0.2) is 0 Å². The minimum atomic E-state index is -3.68. The predicted octanol–water partition coefficient (Wildman–Crippen LogP) is 0.161. The van der Waals surface area contributed by atoms with Gasteiger partial charge in [0.25, 0.3) is 0 Å². The molecule has 1 aromatic rings. The predicted molar refractivity (Wildman–Crippen MR) is 49.8 cm³/mol. The molecule has 0 aromatic carbocycles. The van der Waals surface area contributed by atoms with Gasteiger partial charge in [0.1, 0.15) is 10.7 Å². The van der Waals surface area contributed by atoms with Gasteiger partial charge < -0.3 is 5.32 Å². The summed E-state index contributed by atoms with van der Waals surface area (Å²) < 4.78 is 22.1. The fourth-order valence-corrected chi connectivity index (χ4v) is 1.58. The highest BCUT2D eigenvalue weighted by molar-refractivity contribution is 7.89. The van der Waals surface area contributed by atoms with Crippen LogP contribution in [-0.4, -0.2) is 19.9 Å². The van der Waals surface area contributed by atoms with Crippen LogP contribution in [0.2, 0.25) is 0 Å². The largest absolute Gasteiger partial charge is 0.369 e. The Balaban J connectivity index is 3.20. The number of aromatic nitrogens is 1. The van der Waals surface area contributed by atoms with Crippen LogP contribution in [0, 0.1) is 0 Å². The summed E-state index contributed by atoms with van der Waals surface area (Å²) in [6.45, 7) is 2.45. The van der Waals surface area contributed by atoms with Gasteiger partial charge in [-0.05, 0) is 19.1 Å². The second-order valence-corrected chi connectivity index (χ2v) is 3.96. The summed E-state index contributed by atoms with van der Waals surface area (Å²) >= 11 is 0. The van der Waals surface area contributed by atoms with Gasteiger partial charge in [0.2, 0.25) is 10.0 Å². The second kappa shape index (κ2) is 3.71. The van der Waals surface area contributed by atoms with Crippen molar-refractivity contribution in [3.8, 4) is 0 Å². The van der Waals surface area contributed by atoms with E-state index in [1.165, 1.54) is 18.3 Å². The second-order valence-electron chi connectivity index (χ2n) is 2.43. The molecule has 0 unspecified atom stereocenters. The Labute approximate surface area is 77.0 Å². The van der Waals surface area contributed by atoms with Gasteiger partial charge in [-0.25, -0.2) is 18.5 Å². The highest BCUT2D eigenvalue weighted by atomic mass is 32.2. The number of pyridine rings is 1. The Kier molecular flexibility index (Phi) is 2.84. The lowest BCUT2D eigenvalue weighted by molar-refractivity contribution is 0.597. The molecule has 1 aromatic heterocycles. The van der Waals surface area contributed by atoms with E-state index in [9.17, 15) is 8.42 Å². The molecule has 0 amide bonds. The number of sulfonamides is 1. The molecule has 0 fully saturated rings. The molecule has 13 heavy (non-hydrogen) atoms. The quantitative estimate of drug-likeness (QED) is 0.729. The topological polar surface area (TPSA) is 85.1 Å². The number of rotatable bonds is 3. The van der Waals surface area contributed by atoms with Gasteiger partial charge in [-0.3, -0.25) is 0 Å². The van der Waals surface area contributed by atoms with Crippen LogP contribution in [0.15, 0.2) is 23.2 Å². The van der Waals surface area contributed by atoms with E-state index in [1.54, 1.807) is 0 Å². The van der Waals surface area contributed by atoms with Gasteiger partial charge in [-0.1, -0.05) is 0 Å². The van der Waals surface area contributed by atoms with Crippen molar-refractivity contribution in [1.82, 2.24) is 4.98 Å². The third-order valence-electron chi connectivity index (χ3n) is 1.42. The molecule has 0 aliphatic heterocycles. The molecule has 1 rings (SSSR count). The van der Waals surface area contributed by atoms with Crippen molar-refractivity contribution in [1.29, 1.82) is 0 Å². The highest BCUT2D eigenvalue weighted by Gasteiger charge is 2.13. The third-order valence-corrected chi connectivity index (χ3v) is 2.36. The number of hydrogen-bond acceptors (Lipinski definition) is 4. The molecule has 0 bridgehead atoms. The van der Waals surface area contributed by atoms with E-state index in [2.05, 4.69) is 10.3 Å². The Morgan fingerprint density at radius 3 is 2.85 bits per heavy atom. The molecule has 0 aliphatic carbocycles. The van der Waals surface area contributed by atoms with E-state index in [0.29, 0.717) is 12.4 Å². The van der Waals surface area contributed by atoms with E-state index in [1.807, 2.05) is 6.92 Å². The fourth-order valence-electron chi connectivity index (χ4n) is 0.920. The Bertz CT molecular complexity index is 388. The summed E-state index contributed by atoms with van der Waals surface area (Å²) in [5, 5.41) is 7.79. The van der Waals surface area contributed by atoms with Crippen LogP contribution in [0.1, 0.15) is 6.92 Å². The number of hydrogen-bond donors (Lipinski definition) is 2. The molecule has 1 heterocycles. The molecule has 0 aliphatic rings. The first-order valence-electron chi connectivity index (χ1n) is 3.77. The molecule has 0 saturated heterocycles. The molecule has 0 atom stereocenters. The lowest BCUT2D eigenvalue weighted by atomic mass is 10.4. The molecular formula is C7H11N3O2S. The lowest BCUT2D eigenvalue weighted by Crippen LogP contribution is -2.15. The molecule has 5 nitrogen and oxygen atoms in total. The summed E-state index contributed by atoms with van der Waals surface area (Å²) in [6.07, 6.45) is 1.51. The smallest absolute Gasteiger partial charge is 0.241 e. The summed E-state index contributed by atoms with van der Waals surface area (Å²) in [6, 6.07) is 2.95. The summed E-state index contributed by atoms with van der Waals surface area (Å²) in [5.41, 5.74) is 0. The number of nitrogens with two attached hydrogens (primary N) is 1. The van der Waals surface area contributed by atoms with Crippen molar-refractivity contribution in [2.45, 2.75) is 11.8 Å². The maximum atomic E-state index is 11.0. The van der Waals surface area contributed by atoms with Crippen LogP contribution < -0.4 is 10.5 Å². The maximum Gasteiger partial charge on any atom is 0.241 e. The molecule has 72 valence electrons. The minimum absolute atomic E-state index is 0.0249. The van der Waals surface area contributed by atoms with E-state index in [4.69, 9.17) is 5.14 Å². The molecule has 6 heteroatoms. The van der Waals surface area contributed by atoms with Crippen LogP contribution in [0.5, 0.6) is 0 Å². The standard InChI is InChI=1S/C7H11N3O2S/c1-2-9-7-6(13(8,11)12)4-3-5-10-7/h3-5H,2H2,1H3,(H,9,10)(H2,8,11,12). The van der Waals surface area contributed by atoms with Crippen LogP contribution in [0.3, 0.4) is 0 Å². The van der Waals surface area contributed by atoms with Crippen molar-refractivity contribution in [3.63, 3.8) is 0 Å². The monoisotopic (exact) mass is 201 g/mol. The number of anilines is 1. The van der Waals surface area contributed by atoms with Crippen molar-refractivity contribution in [3.05, 3.63) is 18.3 Å².